The molecular formula is C21H24Cl2FN3O3. The molecule has 0 radical (unpaired) electrons. The highest BCUT2D eigenvalue weighted by molar-refractivity contribution is 6.30. The largest absolute Gasteiger partial charge is 1.00 e. The highest BCUT2D eigenvalue weighted by Gasteiger charge is 2.39. The maximum Gasteiger partial charge on any atom is 0.316 e. The Morgan fingerprint density at radius 2 is 2.00 bits per heavy atom. The maximum atomic E-state index is 14.3. The van der Waals surface area contributed by atoms with Crippen LogP contribution in [0.4, 0.5) is 10.1 Å². The van der Waals surface area contributed by atoms with Gasteiger partial charge < -0.3 is 27.0 Å². The van der Waals surface area contributed by atoms with Gasteiger partial charge in [0.2, 0.25) is 0 Å². The van der Waals surface area contributed by atoms with Gasteiger partial charge in [-0.3, -0.25) is 0 Å². The third-order valence-corrected chi connectivity index (χ3v) is 4.56. The van der Waals surface area contributed by atoms with Crippen LogP contribution in [0.15, 0.2) is 53.5 Å². The SMILES string of the molecule is CCCO.CCOC1C[NH+]2C(=CN=C(c3ccccc3F)c3nc(Cl)ccc32)O1.[Cl-]. The minimum atomic E-state index is -0.363. The minimum Gasteiger partial charge on any atom is -1.00 e. The van der Waals surface area contributed by atoms with E-state index < -0.39 is 0 Å². The predicted octanol–water partition coefficient (Wildman–Crippen LogP) is -0.174. The summed E-state index contributed by atoms with van der Waals surface area (Å²) in [5, 5.41) is 8.20. The summed E-state index contributed by atoms with van der Waals surface area (Å²) >= 11 is 6.10. The molecule has 1 saturated heterocycles. The van der Waals surface area contributed by atoms with Gasteiger partial charge in [0.05, 0.1) is 0 Å². The van der Waals surface area contributed by atoms with E-state index in [0.29, 0.717) is 47.8 Å². The number of hydrogen-bond donors (Lipinski definition) is 2. The number of ether oxygens (including phenoxy) is 2. The average molecular weight is 456 g/mol. The van der Waals surface area contributed by atoms with Gasteiger partial charge in [0, 0.05) is 24.8 Å². The number of halogens is 3. The lowest BCUT2D eigenvalue weighted by molar-refractivity contribution is -0.787. The Morgan fingerprint density at radius 3 is 2.67 bits per heavy atom. The Bertz CT molecular complexity index is 922. The summed E-state index contributed by atoms with van der Waals surface area (Å²) < 4.78 is 25.7. The Kier molecular flexibility index (Phi) is 9.20. The summed E-state index contributed by atoms with van der Waals surface area (Å²) in [6.45, 7) is 5.30. The van der Waals surface area contributed by atoms with E-state index in [1.165, 1.54) is 6.07 Å². The number of rotatable bonds is 4. The summed E-state index contributed by atoms with van der Waals surface area (Å²) in [4.78, 5) is 9.83. The number of pyridine rings is 1. The van der Waals surface area contributed by atoms with Crippen molar-refractivity contribution in [2.24, 2.45) is 4.99 Å². The molecule has 0 amide bonds. The first-order valence-electron chi connectivity index (χ1n) is 9.54. The van der Waals surface area contributed by atoms with Gasteiger partial charge in [-0.15, -0.1) is 0 Å². The fourth-order valence-electron chi connectivity index (χ4n) is 3.05. The summed E-state index contributed by atoms with van der Waals surface area (Å²) in [6.07, 6.45) is 2.13. The molecule has 2 aliphatic rings. The Hall–Kier alpha value is -2.03. The maximum absolute atomic E-state index is 14.3. The normalized spacial score (nSPS) is 19.0. The number of benzene rings is 1. The molecule has 0 bridgehead atoms. The van der Waals surface area contributed by atoms with Crippen molar-refractivity contribution in [3.63, 3.8) is 0 Å². The number of fused-ring (bicyclic) bond motifs is 3. The van der Waals surface area contributed by atoms with E-state index in [2.05, 4.69) is 9.98 Å². The van der Waals surface area contributed by atoms with Crippen LogP contribution in [0.25, 0.3) is 0 Å². The lowest BCUT2D eigenvalue weighted by Crippen LogP contribution is -3.04. The minimum absolute atomic E-state index is 0. The third-order valence-electron chi connectivity index (χ3n) is 4.35. The first-order valence-corrected chi connectivity index (χ1v) is 9.92. The number of aromatic nitrogens is 1. The average Bonchev–Trinajstić information content (AvgIpc) is 3.06. The van der Waals surface area contributed by atoms with Gasteiger partial charge >= 0.3 is 5.88 Å². The molecule has 3 heterocycles. The van der Waals surface area contributed by atoms with E-state index in [-0.39, 0.29) is 24.5 Å². The standard InChI is InChI=1S/C18H15ClFN3O2.C3H8O.ClH/c1-2-24-16-10-23-13-7-8-14(19)22-18(13)17(21-9-15(23)25-16)11-5-3-4-6-12(11)20;1-2-3-4;/h3-9,16H,2,10H2,1H3;4H,2-3H2,1H3;1H. The topological polar surface area (TPSA) is 68.4 Å². The van der Waals surface area contributed by atoms with E-state index in [1.807, 2.05) is 19.9 Å². The van der Waals surface area contributed by atoms with Crippen molar-refractivity contribution in [1.29, 1.82) is 0 Å². The number of aliphatic hydroxyl groups excluding tert-OH is 1. The van der Waals surface area contributed by atoms with Crippen molar-refractivity contribution in [3.8, 4) is 0 Å². The van der Waals surface area contributed by atoms with Gasteiger partial charge in [-0.25, -0.2) is 19.3 Å². The van der Waals surface area contributed by atoms with Crippen molar-refractivity contribution in [1.82, 2.24) is 4.98 Å². The number of nitrogens with one attached hydrogen (secondary N) is 1. The molecule has 162 valence electrons. The van der Waals surface area contributed by atoms with E-state index in [1.54, 1.807) is 30.5 Å². The molecule has 2 unspecified atom stereocenters. The first kappa shape index (κ1) is 24.2. The monoisotopic (exact) mass is 455 g/mol. The van der Waals surface area contributed by atoms with Crippen LogP contribution in [0.1, 0.15) is 31.5 Å². The Labute approximate surface area is 186 Å². The fraction of sp³-hybridized carbons (Fsp3) is 0.333. The molecule has 9 heteroatoms. The zero-order valence-electron chi connectivity index (χ0n) is 16.7. The molecule has 1 aromatic carbocycles. The van der Waals surface area contributed by atoms with Gasteiger partial charge in [-0.1, -0.05) is 30.7 Å². The lowest BCUT2D eigenvalue weighted by Gasteiger charge is -2.13. The smallest absolute Gasteiger partial charge is 0.316 e. The second-order valence-electron chi connectivity index (χ2n) is 6.39. The molecule has 2 N–H and O–H groups in total. The molecular weight excluding hydrogens is 432 g/mol. The zero-order chi connectivity index (χ0) is 20.8. The van der Waals surface area contributed by atoms with E-state index in [9.17, 15) is 4.39 Å². The van der Waals surface area contributed by atoms with E-state index in [0.717, 1.165) is 17.0 Å². The lowest BCUT2D eigenvalue weighted by atomic mass is 10.0. The molecule has 0 saturated carbocycles. The van der Waals surface area contributed by atoms with Crippen LogP contribution in [-0.2, 0) is 9.47 Å². The fourth-order valence-corrected chi connectivity index (χ4v) is 3.19. The van der Waals surface area contributed by atoms with Crippen LogP contribution in [0.3, 0.4) is 0 Å². The van der Waals surface area contributed by atoms with Crippen LogP contribution < -0.4 is 17.3 Å². The van der Waals surface area contributed by atoms with Crippen LogP contribution in [0.5, 0.6) is 0 Å². The molecule has 1 fully saturated rings. The predicted molar refractivity (Wildman–Crippen MR) is 109 cm³/mol. The summed E-state index contributed by atoms with van der Waals surface area (Å²) in [6, 6.07) is 10.1. The van der Waals surface area contributed by atoms with Crippen molar-refractivity contribution in [2.75, 3.05) is 19.8 Å². The summed E-state index contributed by atoms with van der Waals surface area (Å²) in [5.41, 5.74) is 2.18. The molecule has 2 aliphatic heterocycles. The van der Waals surface area contributed by atoms with E-state index >= 15 is 0 Å². The van der Waals surface area contributed by atoms with Gasteiger partial charge in [-0.2, -0.15) is 0 Å². The van der Waals surface area contributed by atoms with Gasteiger partial charge in [0.1, 0.15) is 22.9 Å². The molecule has 2 atom stereocenters. The summed E-state index contributed by atoms with van der Waals surface area (Å²) in [7, 11) is 0. The zero-order valence-corrected chi connectivity index (χ0v) is 18.3. The first-order chi connectivity index (χ1) is 14.1. The van der Waals surface area contributed by atoms with Crippen molar-refractivity contribution < 1.29 is 36.3 Å². The summed E-state index contributed by atoms with van der Waals surface area (Å²) in [5.74, 6) is 0.257. The van der Waals surface area contributed by atoms with Gasteiger partial charge in [-0.05, 0) is 31.5 Å². The molecule has 30 heavy (non-hydrogen) atoms. The number of aliphatic hydroxyl groups is 1. The molecule has 2 aromatic rings. The molecule has 4 rings (SSSR count). The van der Waals surface area contributed by atoms with E-state index in [4.69, 9.17) is 26.2 Å². The number of aliphatic imine (C=N–C) groups is 1. The van der Waals surface area contributed by atoms with Gasteiger partial charge in [0.25, 0.3) is 6.29 Å². The Balaban J connectivity index is 0.000000591. The number of nitrogens with zero attached hydrogens (tertiary/aromatic N) is 2. The second-order valence-corrected chi connectivity index (χ2v) is 6.78. The molecule has 1 aromatic heterocycles. The second kappa shape index (κ2) is 11.4. The van der Waals surface area contributed by atoms with Crippen LogP contribution in [0, 0.1) is 5.82 Å². The highest BCUT2D eigenvalue weighted by Crippen LogP contribution is 2.24. The third kappa shape index (κ3) is 5.36. The van der Waals surface area contributed by atoms with Crippen molar-refractivity contribution >= 4 is 23.0 Å². The van der Waals surface area contributed by atoms with Crippen LogP contribution in [-0.4, -0.2) is 41.9 Å². The van der Waals surface area contributed by atoms with Crippen LogP contribution in [0.2, 0.25) is 5.15 Å². The number of quaternary nitrogens is 1. The quantitative estimate of drug-likeness (QED) is 0.627. The van der Waals surface area contributed by atoms with Crippen molar-refractivity contribution in [2.45, 2.75) is 26.6 Å². The van der Waals surface area contributed by atoms with Crippen LogP contribution >= 0.6 is 11.6 Å². The Morgan fingerprint density at radius 1 is 1.27 bits per heavy atom. The molecule has 6 nitrogen and oxygen atoms in total. The van der Waals surface area contributed by atoms with Crippen molar-refractivity contribution in [3.05, 3.63) is 70.7 Å². The van der Waals surface area contributed by atoms with Gasteiger partial charge in [0.15, 0.2) is 17.9 Å². The highest BCUT2D eigenvalue weighted by atomic mass is 35.5. The molecule has 0 spiro atoms. The molecule has 0 aliphatic carbocycles. The number of hydrogen-bond acceptors (Lipinski definition) is 5.